The number of carbonyl (C=O) groups is 3. The summed E-state index contributed by atoms with van der Waals surface area (Å²) in [6.45, 7) is 6.16. The molecule has 0 spiro atoms. The van der Waals surface area contributed by atoms with E-state index in [2.05, 4.69) is 10.6 Å². The first-order chi connectivity index (χ1) is 15.7. The minimum absolute atomic E-state index is 0.0897. The standard InChI is InChI=1S/C24H28Cl2N4O3/c1-16(2)22(28-23(32)19-9-8-17(25)14-20(19)26)24(33)30-12-10-29(11-13-30)15-21(31)27-18-6-4-3-5-7-18/h3-9,14,16,22H,10-13,15H2,1-2H3,(H,27,31)(H,28,32). The molecule has 2 aromatic carbocycles. The second-order valence-corrected chi connectivity index (χ2v) is 9.18. The molecular weight excluding hydrogens is 463 g/mol. The molecule has 1 saturated heterocycles. The number of carbonyl (C=O) groups excluding carboxylic acids is 3. The number of hydrogen-bond donors (Lipinski definition) is 2. The second-order valence-electron chi connectivity index (χ2n) is 8.33. The van der Waals surface area contributed by atoms with Crippen molar-refractivity contribution in [3.8, 4) is 0 Å². The minimum atomic E-state index is -0.683. The van der Waals surface area contributed by atoms with Crippen molar-refractivity contribution in [3.05, 3.63) is 64.1 Å². The van der Waals surface area contributed by atoms with Crippen LogP contribution in [0.1, 0.15) is 24.2 Å². The quantitative estimate of drug-likeness (QED) is 0.621. The van der Waals surface area contributed by atoms with Crippen LogP contribution in [-0.2, 0) is 9.59 Å². The molecule has 0 saturated carbocycles. The molecule has 33 heavy (non-hydrogen) atoms. The number of anilines is 1. The lowest BCUT2D eigenvalue weighted by Gasteiger charge is -2.37. The predicted molar refractivity (Wildman–Crippen MR) is 131 cm³/mol. The number of nitrogens with zero attached hydrogens (tertiary/aromatic N) is 2. The number of rotatable bonds is 7. The third kappa shape index (κ3) is 6.93. The molecule has 1 aliphatic heterocycles. The highest BCUT2D eigenvalue weighted by molar-refractivity contribution is 6.36. The average molecular weight is 491 g/mol. The lowest BCUT2D eigenvalue weighted by Crippen LogP contribution is -2.57. The predicted octanol–water partition coefficient (Wildman–Crippen LogP) is 3.53. The smallest absolute Gasteiger partial charge is 0.253 e. The van der Waals surface area contributed by atoms with Gasteiger partial charge in [-0.05, 0) is 36.2 Å². The third-order valence-electron chi connectivity index (χ3n) is 5.50. The largest absolute Gasteiger partial charge is 0.340 e. The van der Waals surface area contributed by atoms with Gasteiger partial charge < -0.3 is 15.5 Å². The second kappa shape index (κ2) is 11.5. The number of para-hydroxylation sites is 1. The van der Waals surface area contributed by atoms with Crippen LogP contribution in [0.2, 0.25) is 10.0 Å². The Balaban J connectivity index is 1.54. The van der Waals surface area contributed by atoms with Gasteiger partial charge in [0.05, 0.1) is 17.1 Å². The zero-order valence-corrected chi connectivity index (χ0v) is 20.2. The van der Waals surface area contributed by atoms with Gasteiger partial charge in [-0.25, -0.2) is 0 Å². The van der Waals surface area contributed by atoms with Crippen molar-refractivity contribution in [1.29, 1.82) is 0 Å². The van der Waals surface area contributed by atoms with E-state index in [1.165, 1.54) is 6.07 Å². The lowest BCUT2D eigenvalue weighted by molar-refractivity contribution is -0.136. The van der Waals surface area contributed by atoms with Crippen LogP contribution in [0.3, 0.4) is 0 Å². The molecule has 0 radical (unpaired) electrons. The summed E-state index contributed by atoms with van der Waals surface area (Å²) in [5.41, 5.74) is 1.03. The van der Waals surface area contributed by atoms with Gasteiger partial charge in [0.15, 0.2) is 0 Å². The molecule has 176 valence electrons. The number of amides is 3. The van der Waals surface area contributed by atoms with Crippen molar-refractivity contribution in [2.45, 2.75) is 19.9 Å². The minimum Gasteiger partial charge on any atom is -0.340 e. The van der Waals surface area contributed by atoms with Gasteiger partial charge in [-0.2, -0.15) is 0 Å². The molecule has 0 bridgehead atoms. The lowest BCUT2D eigenvalue weighted by atomic mass is 10.0. The number of benzene rings is 2. The van der Waals surface area contributed by atoms with Crippen LogP contribution in [0.15, 0.2) is 48.5 Å². The fraction of sp³-hybridized carbons (Fsp3) is 0.375. The number of nitrogens with one attached hydrogen (secondary N) is 2. The van der Waals surface area contributed by atoms with Crippen molar-refractivity contribution in [1.82, 2.24) is 15.1 Å². The molecule has 3 amide bonds. The topological polar surface area (TPSA) is 81.8 Å². The molecule has 0 aliphatic carbocycles. The molecule has 3 rings (SSSR count). The summed E-state index contributed by atoms with van der Waals surface area (Å²) in [6.07, 6.45) is 0. The van der Waals surface area contributed by atoms with Crippen molar-refractivity contribution in [2.75, 3.05) is 38.0 Å². The van der Waals surface area contributed by atoms with Gasteiger partial charge in [0.25, 0.3) is 5.91 Å². The normalized spacial score (nSPS) is 15.2. The average Bonchev–Trinajstić information content (AvgIpc) is 2.77. The summed E-state index contributed by atoms with van der Waals surface area (Å²) < 4.78 is 0. The number of piperazine rings is 1. The molecule has 0 aromatic heterocycles. The van der Waals surface area contributed by atoms with Gasteiger partial charge in [-0.3, -0.25) is 19.3 Å². The van der Waals surface area contributed by atoms with Crippen molar-refractivity contribution in [3.63, 3.8) is 0 Å². The Hall–Kier alpha value is -2.61. The van der Waals surface area contributed by atoms with Crippen LogP contribution < -0.4 is 10.6 Å². The first-order valence-corrected chi connectivity index (χ1v) is 11.6. The van der Waals surface area contributed by atoms with Gasteiger partial charge >= 0.3 is 0 Å². The number of hydrogen-bond acceptors (Lipinski definition) is 4. The third-order valence-corrected chi connectivity index (χ3v) is 6.05. The summed E-state index contributed by atoms with van der Waals surface area (Å²) in [7, 11) is 0. The van der Waals surface area contributed by atoms with Gasteiger partial charge in [-0.1, -0.05) is 55.2 Å². The van der Waals surface area contributed by atoms with Gasteiger partial charge in [0.2, 0.25) is 11.8 Å². The van der Waals surface area contributed by atoms with E-state index < -0.39 is 11.9 Å². The molecular formula is C24H28Cl2N4O3. The van der Waals surface area contributed by atoms with Crippen LogP contribution in [-0.4, -0.2) is 66.3 Å². The molecule has 1 unspecified atom stereocenters. The first kappa shape index (κ1) is 25.0. The Morgan fingerprint density at radius 1 is 0.970 bits per heavy atom. The van der Waals surface area contributed by atoms with Crippen LogP contribution in [0.25, 0.3) is 0 Å². The maximum atomic E-state index is 13.2. The molecule has 1 fully saturated rings. The summed E-state index contributed by atoms with van der Waals surface area (Å²) >= 11 is 12.1. The van der Waals surface area contributed by atoms with Crippen molar-refractivity contribution >= 4 is 46.6 Å². The summed E-state index contributed by atoms with van der Waals surface area (Å²) in [4.78, 5) is 42.0. The van der Waals surface area contributed by atoms with E-state index >= 15 is 0 Å². The van der Waals surface area contributed by atoms with E-state index in [4.69, 9.17) is 23.2 Å². The van der Waals surface area contributed by atoms with Crippen LogP contribution in [0, 0.1) is 5.92 Å². The molecule has 7 nitrogen and oxygen atoms in total. The van der Waals surface area contributed by atoms with Gasteiger partial charge in [0, 0.05) is 36.9 Å². The molecule has 1 heterocycles. The highest BCUT2D eigenvalue weighted by Crippen LogP contribution is 2.21. The zero-order chi connectivity index (χ0) is 24.0. The Morgan fingerprint density at radius 2 is 1.64 bits per heavy atom. The Kier molecular flexibility index (Phi) is 8.72. The number of halogens is 2. The Morgan fingerprint density at radius 3 is 2.24 bits per heavy atom. The fourth-order valence-electron chi connectivity index (χ4n) is 3.65. The van der Waals surface area contributed by atoms with E-state index in [9.17, 15) is 14.4 Å². The molecule has 2 aromatic rings. The maximum Gasteiger partial charge on any atom is 0.253 e. The highest BCUT2D eigenvalue weighted by Gasteiger charge is 2.31. The molecule has 9 heteroatoms. The maximum absolute atomic E-state index is 13.2. The SMILES string of the molecule is CC(C)C(NC(=O)c1ccc(Cl)cc1Cl)C(=O)N1CCN(CC(=O)Nc2ccccc2)CC1. The van der Waals surface area contributed by atoms with E-state index in [0.29, 0.717) is 31.2 Å². The molecule has 1 atom stereocenters. The molecule has 2 N–H and O–H groups in total. The van der Waals surface area contributed by atoms with Gasteiger partial charge in [-0.15, -0.1) is 0 Å². The van der Waals surface area contributed by atoms with E-state index in [-0.39, 0.29) is 34.9 Å². The van der Waals surface area contributed by atoms with Crippen molar-refractivity contribution in [2.24, 2.45) is 5.92 Å². The van der Waals surface area contributed by atoms with Gasteiger partial charge in [0.1, 0.15) is 6.04 Å². The highest BCUT2D eigenvalue weighted by atomic mass is 35.5. The van der Waals surface area contributed by atoms with E-state index in [1.807, 2.05) is 49.1 Å². The van der Waals surface area contributed by atoms with Crippen LogP contribution >= 0.6 is 23.2 Å². The van der Waals surface area contributed by atoms with E-state index in [0.717, 1.165) is 5.69 Å². The van der Waals surface area contributed by atoms with Crippen LogP contribution in [0.4, 0.5) is 5.69 Å². The van der Waals surface area contributed by atoms with E-state index in [1.54, 1.807) is 17.0 Å². The fourth-order valence-corrected chi connectivity index (χ4v) is 4.15. The monoisotopic (exact) mass is 490 g/mol. The summed E-state index contributed by atoms with van der Waals surface area (Å²) in [6, 6.07) is 13.2. The first-order valence-electron chi connectivity index (χ1n) is 10.9. The summed E-state index contributed by atoms with van der Waals surface area (Å²) in [5.74, 6) is -0.757. The van der Waals surface area contributed by atoms with Crippen LogP contribution in [0.5, 0.6) is 0 Å². The summed E-state index contributed by atoms with van der Waals surface area (Å²) in [5, 5.41) is 6.37. The van der Waals surface area contributed by atoms with Crippen molar-refractivity contribution < 1.29 is 14.4 Å². The zero-order valence-electron chi connectivity index (χ0n) is 18.7. The Bertz CT molecular complexity index is 992. The molecule has 1 aliphatic rings. The Labute approximate surface area is 204 Å².